The van der Waals surface area contributed by atoms with Gasteiger partial charge in [0.1, 0.15) is 72.1 Å². The fourth-order valence-electron chi connectivity index (χ4n) is 14.4. The quantitative estimate of drug-likeness (QED) is 0.0470. The number of phenolic OH excluding ortho intramolecular Hbond substituents is 2. The number of hydrogen-bond donors (Lipinski definition) is 12. The van der Waals surface area contributed by atoms with Crippen LogP contribution in [0.4, 0.5) is 0 Å². The van der Waals surface area contributed by atoms with E-state index in [1.807, 2.05) is 24.3 Å². The van der Waals surface area contributed by atoms with Gasteiger partial charge < -0.3 is 118 Å². The molecule has 12 N–H and O–H groups in total. The second kappa shape index (κ2) is 30.4. The fraction of sp³-hybridized carbons (Fsp3) is 0.600. The van der Waals surface area contributed by atoms with Crippen LogP contribution in [0.5, 0.6) is 17.2 Å². The summed E-state index contributed by atoms with van der Waals surface area (Å²) in [5.74, 6) is -5.66. The van der Waals surface area contributed by atoms with Crippen LogP contribution in [0.15, 0.2) is 72.9 Å². The van der Waals surface area contributed by atoms with Crippen molar-refractivity contribution >= 4 is 45.2 Å². The summed E-state index contributed by atoms with van der Waals surface area (Å²) in [6.45, 7) is 10.9. The van der Waals surface area contributed by atoms with Crippen molar-refractivity contribution in [3.63, 3.8) is 0 Å². The Labute approximate surface area is 565 Å². The number of phenols is 2. The van der Waals surface area contributed by atoms with Gasteiger partial charge in [0.05, 0.1) is 78.6 Å². The number of Topliss-reactive ketones (excluding diaryl/α,β-unsaturated/α-hetero) is 1. The molecule has 4 aromatic carbocycles. The van der Waals surface area contributed by atoms with Crippen LogP contribution in [-0.2, 0) is 85.8 Å². The van der Waals surface area contributed by atoms with E-state index in [9.17, 15) is 55.5 Å². The monoisotopic (exact) mass is 1370 g/mol. The van der Waals surface area contributed by atoms with Crippen LogP contribution in [0.3, 0.4) is 0 Å². The maximum Gasteiger partial charge on any atom is 0.328 e. The lowest BCUT2D eigenvalue weighted by Gasteiger charge is -2.46. The molecule has 5 aromatic rings. The topological polar surface area (TPSA) is 401 Å². The molecule has 11 rings (SSSR count). The largest absolute Gasteiger partial charge is 0.507 e. The number of esters is 1. The molecule has 1 aliphatic carbocycles. The Balaban J connectivity index is 0.896. The van der Waals surface area contributed by atoms with Gasteiger partial charge in [-0.15, -0.1) is 0 Å². The second-order valence-corrected chi connectivity index (χ2v) is 27.0. The molecule has 5 saturated heterocycles. The summed E-state index contributed by atoms with van der Waals surface area (Å²) in [5.41, 5.74) is 0.570. The van der Waals surface area contributed by atoms with Gasteiger partial charge >= 0.3 is 5.97 Å². The van der Waals surface area contributed by atoms with Gasteiger partial charge in [-0.1, -0.05) is 48.5 Å². The van der Waals surface area contributed by atoms with Crippen LogP contribution >= 0.6 is 0 Å². The summed E-state index contributed by atoms with van der Waals surface area (Å²) in [6.07, 6.45) is -22.9. The molecule has 0 unspecified atom stereocenters. The van der Waals surface area contributed by atoms with Gasteiger partial charge in [-0.3, -0.25) is 14.4 Å². The summed E-state index contributed by atoms with van der Waals surface area (Å²) in [5, 5.41) is 108. The molecule has 0 spiro atoms. The summed E-state index contributed by atoms with van der Waals surface area (Å²) < 4.78 is 73.3. The summed E-state index contributed by atoms with van der Waals surface area (Å²) in [7, 11) is 2.43. The molecule has 25 atom stereocenters. The number of aromatic hydroxyl groups is 2. The number of aromatic nitrogens is 1. The van der Waals surface area contributed by atoms with Gasteiger partial charge in [-0.2, -0.15) is 0 Å². The van der Waals surface area contributed by atoms with Crippen molar-refractivity contribution in [2.45, 2.75) is 247 Å². The van der Waals surface area contributed by atoms with Crippen molar-refractivity contribution in [2.75, 3.05) is 14.2 Å². The number of H-pyrrole nitrogens is 1. The average Bonchev–Trinajstić information content (AvgIpc) is 0.874. The third kappa shape index (κ3) is 15.5. The van der Waals surface area contributed by atoms with Crippen LogP contribution in [-0.4, -0.2) is 236 Å². The number of hydrogen-bond acceptors (Lipinski definition) is 25. The summed E-state index contributed by atoms with van der Waals surface area (Å²) in [6, 6.07) is 16.7. The molecule has 28 nitrogen and oxygen atoms in total. The van der Waals surface area contributed by atoms with E-state index in [2.05, 4.69) is 15.6 Å². The first-order valence-corrected chi connectivity index (χ1v) is 33.3. The lowest BCUT2D eigenvalue weighted by Crippen LogP contribution is -2.59. The molecular weight excluding hydrogens is 1280 g/mol. The van der Waals surface area contributed by atoms with E-state index in [0.29, 0.717) is 11.1 Å². The van der Waals surface area contributed by atoms with Gasteiger partial charge in [0.2, 0.25) is 18.1 Å². The van der Waals surface area contributed by atoms with Crippen molar-refractivity contribution in [3.8, 4) is 17.2 Å². The first kappa shape index (κ1) is 72.7. The minimum atomic E-state index is -1.74. The lowest BCUT2D eigenvalue weighted by atomic mass is 9.76. The van der Waals surface area contributed by atoms with E-state index < -0.39 is 188 Å². The van der Waals surface area contributed by atoms with Crippen molar-refractivity contribution < 1.29 is 122 Å². The van der Waals surface area contributed by atoms with E-state index in [4.69, 9.17) is 56.8 Å². The summed E-state index contributed by atoms with van der Waals surface area (Å²) in [4.78, 5) is 62.6. The predicted molar refractivity (Wildman–Crippen MR) is 344 cm³/mol. The number of aromatic amines is 1. The molecule has 0 saturated carbocycles. The third-order valence-corrected chi connectivity index (χ3v) is 19.9. The molecule has 0 radical (unpaired) electrons. The fourth-order valence-corrected chi connectivity index (χ4v) is 14.4. The highest BCUT2D eigenvalue weighted by atomic mass is 16.7. The molecule has 5 aliphatic heterocycles. The number of para-hydroxylation sites is 1. The number of methoxy groups -OCH3 is 2. The molecule has 0 bridgehead atoms. The van der Waals surface area contributed by atoms with E-state index in [1.165, 1.54) is 34.1 Å². The molecule has 1 aromatic heterocycles. The normalized spacial score (nSPS) is 35.4. The van der Waals surface area contributed by atoms with Crippen molar-refractivity contribution in [2.24, 2.45) is 5.92 Å². The van der Waals surface area contributed by atoms with Crippen molar-refractivity contribution in [1.82, 2.24) is 15.6 Å². The lowest BCUT2D eigenvalue weighted by molar-refractivity contribution is -0.334. The first-order valence-electron chi connectivity index (χ1n) is 33.3. The minimum Gasteiger partial charge on any atom is -0.507 e. The zero-order valence-electron chi connectivity index (χ0n) is 56.0. The Hall–Kier alpha value is -6.52. The second-order valence-electron chi connectivity index (χ2n) is 27.0. The molecular formula is C70H91N3O25. The zero-order chi connectivity index (χ0) is 70.3. The molecule has 2 amide bonds. The number of carbonyl (C=O) groups excluding carboxylic acids is 4. The number of rotatable bonds is 21. The number of ether oxygens (including phenoxy) is 12. The van der Waals surface area contributed by atoms with E-state index >= 15 is 9.59 Å². The molecule has 6 heterocycles. The van der Waals surface area contributed by atoms with Gasteiger partial charge in [-0.05, 0) is 95.2 Å². The number of fused-ring (bicyclic) bond motifs is 3. The summed E-state index contributed by atoms with van der Waals surface area (Å²) >= 11 is 0. The molecule has 5 fully saturated rings. The maximum atomic E-state index is 15.7. The number of aliphatic hydroxyl groups is 7. The van der Waals surface area contributed by atoms with Crippen LogP contribution in [0.25, 0.3) is 21.7 Å². The number of ketones is 1. The van der Waals surface area contributed by atoms with E-state index in [-0.39, 0.29) is 84.6 Å². The van der Waals surface area contributed by atoms with Crippen LogP contribution in [0.2, 0.25) is 0 Å². The highest BCUT2D eigenvalue weighted by Gasteiger charge is 2.52. The van der Waals surface area contributed by atoms with Gasteiger partial charge in [0.25, 0.3) is 0 Å². The molecule has 98 heavy (non-hydrogen) atoms. The number of benzene rings is 4. The van der Waals surface area contributed by atoms with Gasteiger partial charge in [0, 0.05) is 80.6 Å². The van der Waals surface area contributed by atoms with Crippen LogP contribution in [0.1, 0.15) is 106 Å². The Kier molecular flexibility index (Phi) is 22.5. The van der Waals surface area contributed by atoms with Crippen molar-refractivity contribution in [1.29, 1.82) is 0 Å². The average molecular weight is 1370 g/mol. The highest BCUT2D eigenvalue weighted by molar-refractivity contribution is 6.11. The SMILES string of the molecule is COC(=O)[C@H](Cc1c[nH]c2ccccc12)NC(=O)[C@H](Cc1ccccc1)NC(=O)[C@@H](OC)[C@@H]1Cc2cc3cc(O[C@H]4C[C@@H](O[C@H]5C[C@@H](O)[C@H](O)[C@@H](C)O5)[C@H](O)[C@@H](C)O4)c(C)c(O)c3c(O)c2C(=O)[C@H]1O[C@H]1C[C@@H](O[C@H]2C[C@@H](O[C@H]3C[C@](C)(O)[C@H](O)[C@@H](C)O3)[C@@H](O)[C@@H](C)O2)[C@H](O)[C@@H](C)O1. The molecule has 536 valence electrons. The van der Waals surface area contributed by atoms with E-state index in [1.54, 1.807) is 77.2 Å². The molecule has 28 heteroatoms. The Morgan fingerprint density at radius 2 is 1.20 bits per heavy atom. The molecule has 6 aliphatic rings. The van der Waals surface area contributed by atoms with E-state index in [0.717, 1.165) is 10.9 Å². The van der Waals surface area contributed by atoms with Gasteiger partial charge in [-0.25, -0.2) is 4.79 Å². The van der Waals surface area contributed by atoms with Gasteiger partial charge in [0.15, 0.2) is 30.9 Å². The number of aliphatic hydroxyl groups excluding tert-OH is 6. The Bertz CT molecular complexity index is 3620. The number of amides is 2. The minimum absolute atomic E-state index is 0.00874. The maximum absolute atomic E-state index is 15.7. The Morgan fingerprint density at radius 1 is 0.653 bits per heavy atom. The number of nitrogens with one attached hydrogen (secondary N) is 3. The predicted octanol–water partition coefficient (Wildman–Crippen LogP) is 2.55. The Morgan fingerprint density at radius 3 is 1.82 bits per heavy atom. The first-order chi connectivity index (χ1) is 46.6. The highest BCUT2D eigenvalue weighted by Crippen LogP contribution is 2.48. The smallest absolute Gasteiger partial charge is 0.328 e. The van der Waals surface area contributed by atoms with Crippen LogP contribution < -0.4 is 15.4 Å². The third-order valence-electron chi connectivity index (χ3n) is 19.9. The zero-order valence-corrected chi connectivity index (χ0v) is 56.0. The van der Waals surface area contributed by atoms with Crippen LogP contribution in [0, 0.1) is 12.8 Å². The number of carbonyl (C=O) groups is 4. The van der Waals surface area contributed by atoms with Crippen molar-refractivity contribution in [3.05, 3.63) is 101 Å². The standard InChI is InChI=1S/C70H91N3O25/c1-30-46(94-51-25-47(59(77)32(3)90-51)95-50-24-45(74)58(76)31(2)89-50)23-38-20-37-21-41(65(87-8)68(84)72-43(19-36-15-11-10-12-16-36)67(83)73-44(69(85)88-9)22-39-29-71-42-18-14-13-17-40(39)42)64(63(81)56(37)62(80)55(38)57(30)75)98-53-27-48(60(78)34(5)92-53)96-52-26-49(61(79)33(4)91-52)97-54-28-70(7,86)66(82)35(6)93-54/h10-18,20,23,29,31-35,41,43-45,47-54,58-61,64-66,71,74-80,82,86H,19,21-22,24-28H2,1-9H3,(H,72,84)(H,73,83)/t31-,32-,33-,34-,35-,41-,43+,44+,45-,47-,48-,49-,50+,51+,52+,53+,54+,58-,59-,60-,61+,64+,65+,66-,70+/m1/s1.